The van der Waals surface area contributed by atoms with E-state index < -0.39 is 23.1 Å². The molecule has 0 aliphatic rings. The number of hydrogen-bond donors (Lipinski definition) is 1. The van der Waals surface area contributed by atoms with Gasteiger partial charge < -0.3 is 4.98 Å². The molecule has 1 heterocycles. The summed E-state index contributed by atoms with van der Waals surface area (Å²) in [5.41, 5.74) is -3.08. The minimum Gasteiger partial charge on any atom is -0.364 e. The van der Waals surface area contributed by atoms with E-state index >= 15 is 0 Å². The standard InChI is InChI=1S/C13H11F3N2O2/c14-13(15,16)12(9-18(19)20,11-7-4-8-17-11)10-5-2-1-3-6-10/h1-8,17H,9H2. The monoisotopic (exact) mass is 284 g/mol. The number of nitro groups is 1. The molecule has 1 aromatic heterocycles. The molecule has 0 fully saturated rings. The van der Waals surface area contributed by atoms with Crippen LogP contribution in [0.4, 0.5) is 13.2 Å². The van der Waals surface area contributed by atoms with Crippen LogP contribution in [0.2, 0.25) is 0 Å². The maximum absolute atomic E-state index is 13.7. The first kappa shape index (κ1) is 14.1. The normalized spacial score (nSPS) is 14.8. The van der Waals surface area contributed by atoms with Crippen LogP contribution in [0.25, 0.3) is 0 Å². The molecule has 106 valence electrons. The highest BCUT2D eigenvalue weighted by Gasteiger charge is 2.61. The Balaban J connectivity index is 2.72. The van der Waals surface area contributed by atoms with Crippen LogP contribution in [0, 0.1) is 10.1 Å². The van der Waals surface area contributed by atoms with Crippen LogP contribution >= 0.6 is 0 Å². The number of aromatic amines is 1. The molecule has 0 radical (unpaired) electrons. The average Bonchev–Trinajstić information content (AvgIpc) is 2.89. The summed E-state index contributed by atoms with van der Waals surface area (Å²) >= 11 is 0. The first-order valence-corrected chi connectivity index (χ1v) is 5.76. The van der Waals surface area contributed by atoms with Gasteiger partial charge in [-0.05, 0) is 17.7 Å². The van der Waals surface area contributed by atoms with E-state index in [2.05, 4.69) is 4.98 Å². The van der Waals surface area contributed by atoms with Crippen molar-refractivity contribution in [2.45, 2.75) is 11.6 Å². The van der Waals surface area contributed by atoms with E-state index in [1.54, 1.807) is 6.07 Å². The number of hydrogen-bond acceptors (Lipinski definition) is 2. The van der Waals surface area contributed by atoms with Crippen molar-refractivity contribution in [3.8, 4) is 0 Å². The summed E-state index contributed by atoms with van der Waals surface area (Å²) in [6.45, 7) is -1.26. The zero-order chi connectivity index (χ0) is 14.8. The summed E-state index contributed by atoms with van der Waals surface area (Å²) in [4.78, 5) is 12.3. The van der Waals surface area contributed by atoms with Gasteiger partial charge in [0.1, 0.15) is 0 Å². The van der Waals surface area contributed by atoms with Gasteiger partial charge in [-0.2, -0.15) is 13.2 Å². The SMILES string of the molecule is O=[N+]([O-])CC(c1ccccc1)(c1ccc[nH]1)C(F)(F)F. The van der Waals surface area contributed by atoms with E-state index in [0.717, 1.165) is 0 Å². The predicted molar refractivity (Wildman–Crippen MR) is 65.9 cm³/mol. The fourth-order valence-electron chi connectivity index (χ4n) is 2.25. The Morgan fingerprint density at radius 3 is 2.20 bits per heavy atom. The summed E-state index contributed by atoms with van der Waals surface area (Å²) in [6.07, 6.45) is -3.48. The van der Waals surface area contributed by atoms with Gasteiger partial charge in [-0.25, -0.2) is 0 Å². The van der Waals surface area contributed by atoms with E-state index in [-0.39, 0.29) is 11.3 Å². The van der Waals surface area contributed by atoms with Gasteiger partial charge in [-0.3, -0.25) is 10.1 Å². The lowest BCUT2D eigenvalue weighted by Crippen LogP contribution is -2.49. The average molecular weight is 284 g/mol. The molecule has 0 spiro atoms. The quantitative estimate of drug-likeness (QED) is 0.692. The summed E-state index contributed by atoms with van der Waals surface area (Å²) in [7, 11) is 0. The maximum atomic E-state index is 13.7. The molecule has 4 nitrogen and oxygen atoms in total. The third-order valence-corrected chi connectivity index (χ3v) is 3.17. The van der Waals surface area contributed by atoms with Crippen LogP contribution in [-0.4, -0.2) is 22.6 Å². The highest BCUT2D eigenvalue weighted by molar-refractivity contribution is 5.38. The van der Waals surface area contributed by atoms with Crippen molar-refractivity contribution in [2.24, 2.45) is 0 Å². The number of nitrogens with one attached hydrogen (secondary N) is 1. The van der Waals surface area contributed by atoms with Gasteiger partial charge in [0.05, 0.1) is 0 Å². The number of aromatic nitrogens is 1. The van der Waals surface area contributed by atoms with E-state index in [4.69, 9.17) is 0 Å². The van der Waals surface area contributed by atoms with Crippen molar-refractivity contribution >= 4 is 0 Å². The molecule has 7 heteroatoms. The van der Waals surface area contributed by atoms with E-state index in [1.807, 2.05) is 0 Å². The molecule has 2 rings (SSSR count). The fourth-order valence-corrected chi connectivity index (χ4v) is 2.25. The lowest BCUT2D eigenvalue weighted by atomic mass is 9.76. The van der Waals surface area contributed by atoms with Gasteiger partial charge in [-0.1, -0.05) is 30.3 Å². The second-order valence-corrected chi connectivity index (χ2v) is 4.34. The third kappa shape index (κ3) is 2.26. The lowest BCUT2D eigenvalue weighted by molar-refractivity contribution is -0.498. The minimum atomic E-state index is -4.80. The molecule has 0 amide bonds. The molecular weight excluding hydrogens is 273 g/mol. The summed E-state index contributed by atoms with van der Waals surface area (Å²) < 4.78 is 41.0. The summed E-state index contributed by atoms with van der Waals surface area (Å²) in [5, 5.41) is 10.8. The number of benzene rings is 1. The third-order valence-electron chi connectivity index (χ3n) is 3.17. The second kappa shape index (κ2) is 4.99. The largest absolute Gasteiger partial charge is 0.410 e. The van der Waals surface area contributed by atoms with Gasteiger partial charge in [-0.15, -0.1) is 0 Å². The van der Waals surface area contributed by atoms with E-state index in [0.29, 0.717) is 0 Å². The Bertz CT molecular complexity index is 581. The number of alkyl halides is 3. The Morgan fingerprint density at radius 2 is 1.75 bits per heavy atom. The van der Waals surface area contributed by atoms with Crippen molar-refractivity contribution in [3.63, 3.8) is 0 Å². The van der Waals surface area contributed by atoms with Crippen LogP contribution in [0.5, 0.6) is 0 Å². The molecule has 20 heavy (non-hydrogen) atoms. The van der Waals surface area contributed by atoms with Gasteiger partial charge in [0.15, 0.2) is 5.41 Å². The number of rotatable bonds is 4. The molecule has 0 saturated heterocycles. The van der Waals surface area contributed by atoms with Crippen LogP contribution < -0.4 is 0 Å². The molecule has 1 unspecified atom stereocenters. The highest BCUT2D eigenvalue weighted by atomic mass is 19.4. The Labute approximate surface area is 112 Å². The minimum absolute atomic E-state index is 0.161. The van der Waals surface area contributed by atoms with Gasteiger partial charge in [0.2, 0.25) is 6.54 Å². The van der Waals surface area contributed by atoms with Crippen molar-refractivity contribution in [1.82, 2.24) is 4.98 Å². The second-order valence-electron chi connectivity index (χ2n) is 4.34. The molecule has 0 saturated carbocycles. The van der Waals surface area contributed by atoms with Crippen molar-refractivity contribution < 1.29 is 18.1 Å². The summed E-state index contributed by atoms with van der Waals surface area (Å²) in [5.74, 6) is 0. The zero-order valence-corrected chi connectivity index (χ0v) is 10.2. The molecule has 0 aliphatic carbocycles. The van der Waals surface area contributed by atoms with Gasteiger partial charge in [0.25, 0.3) is 0 Å². The Morgan fingerprint density at radius 1 is 1.10 bits per heavy atom. The Hall–Kier alpha value is -2.31. The first-order chi connectivity index (χ1) is 9.38. The first-order valence-electron chi connectivity index (χ1n) is 5.76. The molecular formula is C13H11F3N2O2. The van der Waals surface area contributed by atoms with Crippen LogP contribution in [0.1, 0.15) is 11.3 Å². The molecule has 1 atom stereocenters. The topological polar surface area (TPSA) is 58.9 Å². The molecule has 0 bridgehead atoms. The Kier molecular flexibility index (Phi) is 3.52. The summed E-state index contributed by atoms with van der Waals surface area (Å²) in [6, 6.07) is 9.52. The van der Waals surface area contributed by atoms with Crippen LogP contribution in [-0.2, 0) is 5.41 Å². The van der Waals surface area contributed by atoms with Gasteiger partial charge in [0, 0.05) is 16.8 Å². The van der Waals surface area contributed by atoms with Crippen LogP contribution in [0.3, 0.4) is 0 Å². The van der Waals surface area contributed by atoms with Crippen molar-refractivity contribution in [2.75, 3.05) is 6.54 Å². The molecule has 2 aromatic rings. The fraction of sp³-hybridized carbons (Fsp3) is 0.231. The number of halogens is 3. The molecule has 1 aromatic carbocycles. The van der Waals surface area contributed by atoms with E-state index in [9.17, 15) is 23.3 Å². The maximum Gasteiger partial charge on any atom is 0.410 e. The number of H-pyrrole nitrogens is 1. The van der Waals surface area contributed by atoms with Crippen molar-refractivity contribution in [1.29, 1.82) is 0 Å². The van der Waals surface area contributed by atoms with E-state index in [1.165, 1.54) is 42.6 Å². The highest BCUT2D eigenvalue weighted by Crippen LogP contribution is 2.45. The predicted octanol–water partition coefficient (Wildman–Crippen LogP) is 3.14. The van der Waals surface area contributed by atoms with Crippen LogP contribution in [0.15, 0.2) is 48.7 Å². The zero-order valence-electron chi connectivity index (χ0n) is 10.2. The molecule has 0 aliphatic heterocycles. The van der Waals surface area contributed by atoms with Gasteiger partial charge >= 0.3 is 6.18 Å². The smallest absolute Gasteiger partial charge is 0.364 e. The van der Waals surface area contributed by atoms with Crippen molar-refractivity contribution in [3.05, 3.63) is 70.0 Å². The lowest BCUT2D eigenvalue weighted by Gasteiger charge is -2.32. The number of nitrogens with zero attached hydrogens (tertiary/aromatic N) is 1. The molecule has 1 N–H and O–H groups in total.